The van der Waals surface area contributed by atoms with Crippen LogP contribution in [0.25, 0.3) is 0 Å². The number of rotatable bonds is 4. The van der Waals surface area contributed by atoms with Crippen LogP contribution in [-0.4, -0.2) is 25.2 Å². The summed E-state index contributed by atoms with van der Waals surface area (Å²) >= 11 is 0. The Bertz CT molecular complexity index is 384. The molecule has 19 heavy (non-hydrogen) atoms. The molecule has 0 spiro atoms. The highest BCUT2D eigenvalue weighted by atomic mass is 19.4. The highest BCUT2D eigenvalue weighted by Gasteiger charge is 2.48. The predicted molar refractivity (Wildman–Crippen MR) is 62.2 cm³/mol. The Kier molecular flexibility index (Phi) is 4.62. The molecule has 0 radical (unpaired) electrons. The van der Waals surface area contributed by atoms with Crippen LogP contribution in [0.5, 0.6) is 0 Å². The molecular weight excluding hydrogens is 259 g/mol. The van der Waals surface area contributed by atoms with Crippen molar-refractivity contribution in [2.75, 3.05) is 13.2 Å². The van der Waals surface area contributed by atoms with Crippen LogP contribution in [0.15, 0.2) is 0 Å². The van der Waals surface area contributed by atoms with E-state index < -0.39 is 23.6 Å². The summed E-state index contributed by atoms with van der Waals surface area (Å²) in [6, 6.07) is 2.01. The summed E-state index contributed by atoms with van der Waals surface area (Å²) in [6.07, 6.45) is -2.51. The Labute approximate surface area is 110 Å². The smallest absolute Gasteiger partial charge is 0.372 e. The fraction of sp³-hybridized carbons (Fsp3) is 0.846. The molecule has 0 bridgehead atoms. The van der Waals surface area contributed by atoms with E-state index in [1.165, 1.54) is 0 Å². The van der Waals surface area contributed by atoms with Crippen LogP contribution in [0.4, 0.5) is 13.2 Å². The third-order valence-electron chi connectivity index (χ3n) is 3.61. The van der Waals surface area contributed by atoms with Crippen LogP contribution < -0.4 is 0 Å². The minimum Gasteiger partial charge on any atom is -0.372 e. The van der Waals surface area contributed by atoms with Gasteiger partial charge in [-0.1, -0.05) is 20.3 Å². The maximum absolute atomic E-state index is 12.3. The average Bonchev–Trinajstić information content (AvgIpc) is 2.29. The van der Waals surface area contributed by atoms with Gasteiger partial charge in [0.2, 0.25) is 0 Å². The number of hydrogen-bond acceptors (Lipinski definition) is 3. The molecule has 0 aromatic rings. The third-order valence-corrected chi connectivity index (χ3v) is 3.61. The number of carbonyl (C=O) groups excluding carboxylic acids is 1. The molecule has 0 aliphatic heterocycles. The quantitative estimate of drug-likeness (QED) is 0.741. The molecule has 1 fully saturated rings. The van der Waals surface area contributed by atoms with Crippen molar-refractivity contribution < 1.29 is 22.7 Å². The summed E-state index contributed by atoms with van der Waals surface area (Å²) in [5.74, 6) is -0.177. The van der Waals surface area contributed by atoms with E-state index in [9.17, 15) is 23.2 Å². The van der Waals surface area contributed by atoms with Crippen molar-refractivity contribution in [3.05, 3.63) is 0 Å². The van der Waals surface area contributed by atoms with E-state index in [2.05, 4.69) is 4.74 Å². The Morgan fingerprint density at radius 3 is 2.53 bits per heavy atom. The fourth-order valence-electron chi connectivity index (χ4n) is 2.54. The van der Waals surface area contributed by atoms with E-state index in [4.69, 9.17) is 0 Å². The van der Waals surface area contributed by atoms with Crippen molar-refractivity contribution >= 4 is 5.78 Å². The van der Waals surface area contributed by atoms with Gasteiger partial charge in [0.05, 0.1) is 6.07 Å². The van der Waals surface area contributed by atoms with Crippen LogP contribution >= 0.6 is 0 Å². The van der Waals surface area contributed by atoms with E-state index in [-0.39, 0.29) is 18.8 Å². The first-order chi connectivity index (χ1) is 8.63. The van der Waals surface area contributed by atoms with Crippen LogP contribution in [0.3, 0.4) is 0 Å². The first-order valence-corrected chi connectivity index (χ1v) is 6.24. The SMILES string of the molecule is CC1(C)CCCC(C#N)(CCOCC(F)(F)F)C1=O. The second kappa shape index (κ2) is 5.49. The molecular formula is C13H18F3NO2. The zero-order valence-electron chi connectivity index (χ0n) is 11.1. The molecule has 6 heteroatoms. The average molecular weight is 277 g/mol. The minimum absolute atomic E-state index is 0.0296. The van der Waals surface area contributed by atoms with Gasteiger partial charge in [-0.05, 0) is 19.3 Å². The monoisotopic (exact) mass is 277 g/mol. The predicted octanol–water partition coefficient (Wildman–Crippen LogP) is 3.24. The number of ether oxygens (including phenoxy) is 1. The summed E-state index contributed by atoms with van der Waals surface area (Å²) in [7, 11) is 0. The Balaban J connectivity index is 2.62. The molecule has 3 nitrogen and oxygen atoms in total. The number of nitrogens with zero attached hydrogens (tertiary/aromatic N) is 1. The molecule has 0 N–H and O–H groups in total. The van der Waals surface area contributed by atoms with Crippen molar-refractivity contribution in [1.29, 1.82) is 5.26 Å². The first-order valence-electron chi connectivity index (χ1n) is 6.24. The lowest BCUT2D eigenvalue weighted by Gasteiger charge is -2.38. The van der Waals surface area contributed by atoms with Crippen LogP contribution in [0, 0.1) is 22.2 Å². The second-order valence-electron chi connectivity index (χ2n) is 5.68. The van der Waals surface area contributed by atoms with Gasteiger partial charge in [0.15, 0.2) is 5.78 Å². The number of carbonyl (C=O) groups is 1. The summed E-state index contributed by atoms with van der Waals surface area (Å²) in [5.41, 5.74) is -1.77. The molecule has 1 aliphatic rings. The van der Waals surface area contributed by atoms with Gasteiger partial charge in [-0.3, -0.25) is 4.79 Å². The van der Waals surface area contributed by atoms with Crippen molar-refractivity contribution in [3.8, 4) is 6.07 Å². The van der Waals surface area contributed by atoms with Gasteiger partial charge in [0.1, 0.15) is 12.0 Å². The molecule has 1 rings (SSSR count). The zero-order chi connectivity index (χ0) is 14.7. The summed E-state index contributed by atoms with van der Waals surface area (Å²) < 4.78 is 40.3. The van der Waals surface area contributed by atoms with Gasteiger partial charge in [0, 0.05) is 12.0 Å². The van der Waals surface area contributed by atoms with Gasteiger partial charge in [0.25, 0.3) is 0 Å². The van der Waals surface area contributed by atoms with Gasteiger partial charge in [-0.2, -0.15) is 18.4 Å². The van der Waals surface area contributed by atoms with Crippen LogP contribution in [0.2, 0.25) is 0 Å². The summed E-state index contributed by atoms with van der Waals surface area (Å²) in [5, 5.41) is 9.25. The molecule has 1 saturated carbocycles. The Morgan fingerprint density at radius 2 is 2.00 bits per heavy atom. The number of hydrogen-bond donors (Lipinski definition) is 0. The van der Waals surface area contributed by atoms with Crippen LogP contribution in [0.1, 0.15) is 39.5 Å². The first kappa shape index (κ1) is 16.0. The molecule has 108 valence electrons. The zero-order valence-corrected chi connectivity index (χ0v) is 11.1. The number of nitriles is 1. The maximum Gasteiger partial charge on any atom is 0.411 e. The molecule has 1 aliphatic carbocycles. The lowest BCUT2D eigenvalue weighted by molar-refractivity contribution is -0.175. The van der Waals surface area contributed by atoms with Gasteiger partial charge >= 0.3 is 6.18 Å². The second-order valence-corrected chi connectivity index (χ2v) is 5.68. The molecule has 0 aromatic carbocycles. The largest absolute Gasteiger partial charge is 0.411 e. The molecule has 1 unspecified atom stereocenters. The molecule has 0 amide bonds. The highest BCUT2D eigenvalue weighted by molar-refractivity contribution is 5.92. The minimum atomic E-state index is -4.38. The fourth-order valence-corrected chi connectivity index (χ4v) is 2.54. The molecule has 0 saturated heterocycles. The number of ketones is 1. The molecule has 1 atom stereocenters. The van der Waals surface area contributed by atoms with Gasteiger partial charge < -0.3 is 4.74 Å². The topological polar surface area (TPSA) is 50.1 Å². The Hall–Kier alpha value is -1.09. The number of halogens is 3. The van der Waals surface area contributed by atoms with Crippen molar-refractivity contribution in [3.63, 3.8) is 0 Å². The lowest BCUT2D eigenvalue weighted by atomic mass is 9.62. The van der Waals surface area contributed by atoms with E-state index in [0.717, 1.165) is 6.42 Å². The van der Waals surface area contributed by atoms with E-state index in [1.807, 2.05) is 6.07 Å². The normalized spacial score (nSPS) is 27.1. The van der Waals surface area contributed by atoms with E-state index in [0.29, 0.717) is 12.8 Å². The highest BCUT2D eigenvalue weighted by Crippen LogP contribution is 2.44. The van der Waals surface area contributed by atoms with Gasteiger partial charge in [-0.25, -0.2) is 0 Å². The third kappa shape index (κ3) is 3.93. The summed E-state index contributed by atoms with van der Waals surface area (Å²) in [4.78, 5) is 12.3. The molecule has 0 heterocycles. The van der Waals surface area contributed by atoms with Crippen LogP contribution in [-0.2, 0) is 9.53 Å². The van der Waals surface area contributed by atoms with E-state index >= 15 is 0 Å². The standard InChI is InChI=1S/C13H18F3NO2/c1-11(2)4-3-5-12(8-17,10(11)18)6-7-19-9-13(14,15)16/h3-7,9H2,1-2H3. The lowest BCUT2D eigenvalue weighted by Crippen LogP contribution is -2.44. The summed E-state index contributed by atoms with van der Waals surface area (Å²) in [6.45, 7) is 1.98. The van der Waals surface area contributed by atoms with E-state index in [1.54, 1.807) is 13.8 Å². The number of alkyl halides is 3. The van der Waals surface area contributed by atoms with Crippen molar-refractivity contribution in [2.24, 2.45) is 10.8 Å². The van der Waals surface area contributed by atoms with Crippen molar-refractivity contribution in [1.82, 2.24) is 0 Å². The van der Waals surface area contributed by atoms with Crippen molar-refractivity contribution in [2.45, 2.75) is 45.7 Å². The number of Topliss-reactive ketones (excluding diaryl/α,β-unsaturated/α-hetero) is 1. The molecule has 0 aromatic heterocycles. The maximum atomic E-state index is 12.3. The van der Waals surface area contributed by atoms with Gasteiger partial charge in [-0.15, -0.1) is 0 Å². The Morgan fingerprint density at radius 1 is 1.37 bits per heavy atom.